The second kappa shape index (κ2) is 5.50. The average molecular weight is 212 g/mol. The maximum absolute atomic E-state index is 12.0. The second-order valence-corrected chi connectivity index (χ2v) is 4.80. The molecule has 1 fully saturated rings. The first kappa shape index (κ1) is 12.5. The molecule has 0 spiro atoms. The van der Waals surface area contributed by atoms with Crippen LogP contribution in [0.2, 0.25) is 0 Å². The largest absolute Gasteiger partial charge is 0.351 e. The van der Waals surface area contributed by atoms with Gasteiger partial charge in [0.25, 0.3) is 0 Å². The van der Waals surface area contributed by atoms with Gasteiger partial charge in [0.2, 0.25) is 5.91 Å². The summed E-state index contributed by atoms with van der Waals surface area (Å²) in [6, 6.07) is 0. The van der Waals surface area contributed by atoms with E-state index in [4.69, 9.17) is 0 Å². The third kappa shape index (κ3) is 3.49. The van der Waals surface area contributed by atoms with Gasteiger partial charge in [-0.3, -0.25) is 4.79 Å². The zero-order valence-corrected chi connectivity index (χ0v) is 10.2. The Kier molecular flexibility index (Phi) is 4.58. The molecule has 1 aliphatic heterocycles. The number of carbonyl (C=O) groups is 1. The van der Waals surface area contributed by atoms with Crippen molar-refractivity contribution in [2.24, 2.45) is 5.92 Å². The molecule has 88 valence electrons. The van der Waals surface area contributed by atoms with Crippen LogP contribution in [0, 0.1) is 5.92 Å². The van der Waals surface area contributed by atoms with E-state index in [-0.39, 0.29) is 17.4 Å². The van der Waals surface area contributed by atoms with E-state index < -0.39 is 0 Å². The first-order valence-corrected chi connectivity index (χ1v) is 6.14. The van der Waals surface area contributed by atoms with E-state index in [2.05, 4.69) is 31.4 Å². The van der Waals surface area contributed by atoms with Gasteiger partial charge < -0.3 is 10.6 Å². The lowest BCUT2D eigenvalue weighted by Gasteiger charge is -2.31. The SMILES string of the molecule is CCC(C)(CC)NC(=O)C1CCCNC1. The Labute approximate surface area is 93.0 Å². The predicted octanol–water partition coefficient (Wildman–Crippen LogP) is 1.68. The lowest BCUT2D eigenvalue weighted by atomic mass is 9.92. The summed E-state index contributed by atoms with van der Waals surface area (Å²) in [5.41, 5.74) is -0.0193. The Bertz CT molecular complexity index is 206. The minimum Gasteiger partial charge on any atom is -0.351 e. The smallest absolute Gasteiger partial charge is 0.224 e. The van der Waals surface area contributed by atoms with E-state index in [0.29, 0.717) is 0 Å². The first-order chi connectivity index (χ1) is 7.11. The Morgan fingerprint density at radius 1 is 1.47 bits per heavy atom. The molecule has 0 bridgehead atoms. The summed E-state index contributed by atoms with van der Waals surface area (Å²) in [5, 5.41) is 6.46. The summed E-state index contributed by atoms with van der Waals surface area (Å²) in [5.74, 6) is 0.407. The van der Waals surface area contributed by atoms with Crippen LogP contribution in [-0.2, 0) is 4.79 Å². The summed E-state index contributed by atoms with van der Waals surface area (Å²) in [6.07, 6.45) is 4.14. The standard InChI is InChI=1S/C12H24N2O/c1-4-12(3,5-2)14-11(15)10-7-6-8-13-9-10/h10,13H,4-9H2,1-3H3,(H,14,15). The zero-order chi connectivity index (χ0) is 11.3. The molecule has 0 aromatic heterocycles. The number of rotatable bonds is 4. The number of amides is 1. The second-order valence-electron chi connectivity index (χ2n) is 4.80. The van der Waals surface area contributed by atoms with E-state index in [1.165, 1.54) is 0 Å². The van der Waals surface area contributed by atoms with Crippen LogP contribution < -0.4 is 10.6 Å². The van der Waals surface area contributed by atoms with Crippen molar-refractivity contribution in [2.75, 3.05) is 13.1 Å². The summed E-state index contributed by atoms with van der Waals surface area (Å²) in [7, 11) is 0. The van der Waals surface area contributed by atoms with Crippen molar-refractivity contribution in [2.45, 2.75) is 52.0 Å². The molecule has 3 nitrogen and oxygen atoms in total. The van der Waals surface area contributed by atoms with Crippen molar-refractivity contribution in [1.29, 1.82) is 0 Å². The molecular weight excluding hydrogens is 188 g/mol. The Morgan fingerprint density at radius 2 is 2.13 bits per heavy atom. The van der Waals surface area contributed by atoms with Gasteiger partial charge in [-0.25, -0.2) is 0 Å². The molecule has 1 rings (SSSR count). The van der Waals surface area contributed by atoms with E-state index in [1.54, 1.807) is 0 Å². The predicted molar refractivity (Wildman–Crippen MR) is 62.7 cm³/mol. The van der Waals surface area contributed by atoms with E-state index in [0.717, 1.165) is 38.8 Å². The van der Waals surface area contributed by atoms with Gasteiger partial charge in [0.15, 0.2) is 0 Å². The number of carbonyl (C=O) groups excluding carboxylic acids is 1. The van der Waals surface area contributed by atoms with Crippen molar-refractivity contribution >= 4 is 5.91 Å². The quantitative estimate of drug-likeness (QED) is 0.744. The normalized spacial score (nSPS) is 22.5. The lowest BCUT2D eigenvalue weighted by Crippen LogP contribution is -2.50. The van der Waals surface area contributed by atoms with Gasteiger partial charge in [0.05, 0.1) is 5.92 Å². The van der Waals surface area contributed by atoms with Crippen molar-refractivity contribution in [3.8, 4) is 0 Å². The van der Waals surface area contributed by atoms with Crippen LogP contribution in [0.15, 0.2) is 0 Å². The van der Waals surface area contributed by atoms with Crippen molar-refractivity contribution < 1.29 is 4.79 Å². The zero-order valence-electron chi connectivity index (χ0n) is 10.2. The lowest BCUT2D eigenvalue weighted by molar-refractivity contribution is -0.127. The molecule has 0 aromatic rings. The highest BCUT2D eigenvalue weighted by Crippen LogP contribution is 2.17. The fourth-order valence-corrected chi connectivity index (χ4v) is 1.90. The van der Waals surface area contributed by atoms with E-state index >= 15 is 0 Å². The number of nitrogens with one attached hydrogen (secondary N) is 2. The van der Waals surface area contributed by atoms with Crippen LogP contribution in [0.5, 0.6) is 0 Å². The van der Waals surface area contributed by atoms with Gasteiger partial charge in [-0.2, -0.15) is 0 Å². The molecule has 1 unspecified atom stereocenters. The molecule has 1 heterocycles. The highest BCUT2D eigenvalue weighted by atomic mass is 16.2. The van der Waals surface area contributed by atoms with Gasteiger partial charge in [-0.15, -0.1) is 0 Å². The summed E-state index contributed by atoms with van der Waals surface area (Å²) < 4.78 is 0. The Hall–Kier alpha value is -0.570. The van der Waals surface area contributed by atoms with Gasteiger partial charge in [0.1, 0.15) is 0 Å². The third-order valence-electron chi connectivity index (χ3n) is 3.65. The molecule has 0 radical (unpaired) electrons. The molecule has 1 aliphatic rings. The summed E-state index contributed by atoms with van der Waals surface area (Å²) >= 11 is 0. The maximum atomic E-state index is 12.0. The number of hydrogen-bond acceptors (Lipinski definition) is 2. The first-order valence-electron chi connectivity index (χ1n) is 6.14. The molecule has 0 aliphatic carbocycles. The van der Waals surface area contributed by atoms with Gasteiger partial charge in [-0.05, 0) is 39.2 Å². The molecule has 1 atom stereocenters. The van der Waals surface area contributed by atoms with Crippen molar-refractivity contribution in [3.05, 3.63) is 0 Å². The van der Waals surface area contributed by atoms with Gasteiger partial charge >= 0.3 is 0 Å². The number of hydrogen-bond donors (Lipinski definition) is 2. The van der Waals surface area contributed by atoms with Crippen molar-refractivity contribution in [3.63, 3.8) is 0 Å². The van der Waals surface area contributed by atoms with Gasteiger partial charge in [0, 0.05) is 12.1 Å². The van der Waals surface area contributed by atoms with Crippen LogP contribution in [0.25, 0.3) is 0 Å². The topological polar surface area (TPSA) is 41.1 Å². The minimum atomic E-state index is -0.0193. The fraction of sp³-hybridized carbons (Fsp3) is 0.917. The molecule has 3 heteroatoms. The molecule has 1 amide bonds. The van der Waals surface area contributed by atoms with Crippen LogP contribution in [0.3, 0.4) is 0 Å². The van der Waals surface area contributed by atoms with Crippen LogP contribution in [0.4, 0.5) is 0 Å². The maximum Gasteiger partial charge on any atom is 0.224 e. The highest BCUT2D eigenvalue weighted by molar-refractivity contribution is 5.79. The van der Waals surface area contributed by atoms with Crippen LogP contribution >= 0.6 is 0 Å². The minimum absolute atomic E-state index is 0.0193. The van der Waals surface area contributed by atoms with E-state index in [1.807, 2.05) is 0 Å². The molecular formula is C12H24N2O. The summed E-state index contributed by atoms with van der Waals surface area (Å²) in [4.78, 5) is 12.0. The van der Waals surface area contributed by atoms with Crippen LogP contribution in [0.1, 0.15) is 46.5 Å². The van der Waals surface area contributed by atoms with Crippen molar-refractivity contribution in [1.82, 2.24) is 10.6 Å². The average Bonchev–Trinajstić information content (AvgIpc) is 2.30. The van der Waals surface area contributed by atoms with E-state index in [9.17, 15) is 4.79 Å². The Balaban J connectivity index is 2.46. The molecule has 0 saturated carbocycles. The molecule has 1 saturated heterocycles. The summed E-state index contributed by atoms with van der Waals surface area (Å²) in [6.45, 7) is 8.28. The Morgan fingerprint density at radius 3 is 2.60 bits per heavy atom. The molecule has 0 aromatic carbocycles. The van der Waals surface area contributed by atoms with Crippen LogP contribution in [-0.4, -0.2) is 24.5 Å². The van der Waals surface area contributed by atoms with Gasteiger partial charge in [-0.1, -0.05) is 13.8 Å². The fourth-order valence-electron chi connectivity index (χ4n) is 1.90. The highest BCUT2D eigenvalue weighted by Gasteiger charge is 2.27. The monoisotopic (exact) mass is 212 g/mol. The molecule has 15 heavy (non-hydrogen) atoms. The third-order valence-corrected chi connectivity index (χ3v) is 3.65. The number of piperidine rings is 1. The molecule has 2 N–H and O–H groups in total.